The van der Waals surface area contributed by atoms with E-state index >= 15 is 0 Å². The molecule has 0 spiro atoms. The molecule has 1 aliphatic heterocycles. The van der Waals surface area contributed by atoms with Crippen molar-refractivity contribution in [3.05, 3.63) is 105 Å². The molecular formula is C24H21N3O5. The van der Waals surface area contributed by atoms with Gasteiger partial charge in [-0.1, -0.05) is 48.5 Å². The van der Waals surface area contributed by atoms with E-state index in [0.29, 0.717) is 27.9 Å². The molecule has 1 heterocycles. The second-order valence-corrected chi connectivity index (χ2v) is 7.23. The Morgan fingerprint density at radius 3 is 1.88 bits per heavy atom. The maximum atomic E-state index is 12.5. The standard InChI is InChI=1S/C15H14N2O3.C9H7NO2/c1-16(2)14-12(9-6-10-13(14)17(19)20)15(18)11-7-4-3-5-8-11;1-10-8(11)6-4-2-3-5-7(6)9(10)12/h3-10H,1-2H3;2-5H,1H3. The van der Waals surface area contributed by atoms with Crippen LogP contribution in [0.1, 0.15) is 36.6 Å². The first kappa shape index (κ1) is 22.4. The van der Waals surface area contributed by atoms with E-state index in [4.69, 9.17) is 0 Å². The van der Waals surface area contributed by atoms with E-state index in [-0.39, 0.29) is 23.3 Å². The highest BCUT2D eigenvalue weighted by atomic mass is 16.6. The highest BCUT2D eigenvalue weighted by molar-refractivity contribution is 6.21. The van der Waals surface area contributed by atoms with Crippen molar-refractivity contribution in [2.75, 3.05) is 26.0 Å². The molecule has 0 radical (unpaired) electrons. The molecule has 0 unspecified atom stereocenters. The highest BCUT2D eigenvalue weighted by Crippen LogP contribution is 2.32. The van der Waals surface area contributed by atoms with Crippen LogP contribution in [0.25, 0.3) is 0 Å². The largest absolute Gasteiger partial charge is 0.372 e. The van der Waals surface area contributed by atoms with Crippen LogP contribution in [0.15, 0.2) is 72.8 Å². The molecule has 0 fully saturated rings. The fourth-order valence-electron chi connectivity index (χ4n) is 3.39. The van der Waals surface area contributed by atoms with Crippen molar-refractivity contribution in [2.24, 2.45) is 0 Å². The molecule has 0 saturated heterocycles. The Hall–Kier alpha value is -4.33. The normalized spacial score (nSPS) is 12.0. The summed E-state index contributed by atoms with van der Waals surface area (Å²) in [5.74, 6) is -0.649. The van der Waals surface area contributed by atoms with Gasteiger partial charge in [0.25, 0.3) is 17.5 Å². The van der Waals surface area contributed by atoms with Gasteiger partial charge in [-0.3, -0.25) is 29.4 Å². The number of carbonyl (C=O) groups is 3. The third-order valence-electron chi connectivity index (χ3n) is 4.94. The SMILES string of the molecule is CN(C)c1c(C(=O)c2ccccc2)cccc1[N+](=O)[O-].CN1C(=O)c2ccccc2C1=O. The second-order valence-electron chi connectivity index (χ2n) is 7.23. The smallest absolute Gasteiger partial charge is 0.293 e. The number of amides is 2. The van der Waals surface area contributed by atoms with Crippen LogP contribution in [-0.4, -0.2) is 48.6 Å². The molecule has 8 nitrogen and oxygen atoms in total. The van der Waals surface area contributed by atoms with E-state index < -0.39 is 4.92 Å². The number of carbonyl (C=O) groups excluding carboxylic acids is 3. The summed E-state index contributed by atoms with van der Waals surface area (Å²) in [5, 5.41) is 11.1. The average Bonchev–Trinajstić information content (AvgIpc) is 3.03. The van der Waals surface area contributed by atoms with E-state index in [1.165, 1.54) is 19.2 Å². The van der Waals surface area contributed by atoms with Crippen molar-refractivity contribution in [2.45, 2.75) is 0 Å². The summed E-state index contributed by atoms with van der Waals surface area (Å²) in [6, 6.07) is 20.1. The number of imide groups is 1. The van der Waals surface area contributed by atoms with E-state index in [9.17, 15) is 24.5 Å². The van der Waals surface area contributed by atoms with Crippen molar-refractivity contribution in [3.63, 3.8) is 0 Å². The van der Waals surface area contributed by atoms with Crippen LogP contribution in [0.5, 0.6) is 0 Å². The topological polar surface area (TPSA) is 101 Å². The van der Waals surface area contributed by atoms with Crippen LogP contribution in [0.2, 0.25) is 0 Å². The van der Waals surface area contributed by atoms with Gasteiger partial charge in [0.2, 0.25) is 0 Å². The lowest BCUT2D eigenvalue weighted by atomic mass is 10.0. The fraction of sp³-hybridized carbons (Fsp3) is 0.125. The minimum absolute atomic E-state index is 0.0724. The Morgan fingerprint density at radius 1 is 0.844 bits per heavy atom. The van der Waals surface area contributed by atoms with Crippen LogP contribution >= 0.6 is 0 Å². The Kier molecular flexibility index (Phi) is 6.44. The molecule has 4 rings (SSSR count). The first-order chi connectivity index (χ1) is 15.2. The van der Waals surface area contributed by atoms with Gasteiger partial charge >= 0.3 is 0 Å². The van der Waals surface area contributed by atoms with Gasteiger partial charge in [-0.2, -0.15) is 0 Å². The van der Waals surface area contributed by atoms with Crippen LogP contribution in [0, 0.1) is 10.1 Å². The molecule has 0 saturated carbocycles. The zero-order valence-corrected chi connectivity index (χ0v) is 17.8. The number of nitrogens with zero attached hydrogens (tertiary/aromatic N) is 3. The molecule has 32 heavy (non-hydrogen) atoms. The predicted molar refractivity (Wildman–Crippen MR) is 120 cm³/mol. The van der Waals surface area contributed by atoms with Crippen molar-refractivity contribution < 1.29 is 19.3 Å². The molecule has 0 aromatic heterocycles. The van der Waals surface area contributed by atoms with Crippen molar-refractivity contribution >= 4 is 29.0 Å². The molecular weight excluding hydrogens is 410 g/mol. The summed E-state index contributed by atoms with van der Waals surface area (Å²) in [7, 11) is 4.86. The molecule has 0 aliphatic carbocycles. The summed E-state index contributed by atoms with van der Waals surface area (Å²) in [6.45, 7) is 0. The molecule has 1 aliphatic rings. The lowest BCUT2D eigenvalue weighted by Crippen LogP contribution is -2.24. The number of anilines is 1. The number of nitro benzene ring substituents is 1. The van der Waals surface area contributed by atoms with Crippen molar-refractivity contribution in [1.82, 2.24) is 4.90 Å². The lowest BCUT2D eigenvalue weighted by molar-refractivity contribution is -0.384. The maximum Gasteiger partial charge on any atom is 0.293 e. The van der Waals surface area contributed by atoms with Gasteiger partial charge in [0.1, 0.15) is 5.69 Å². The van der Waals surface area contributed by atoms with Crippen LogP contribution in [0.4, 0.5) is 11.4 Å². The number of ketones is 1. The number of rotatable bonds is 4. The van der Waals surface area contributed by atoms with Gasteiger partial charge < -0.3 is 4.90 Å². The zero-order chi connectivity index (χ0) is 23.4. The maximum absolute atomic E-state index is 12.5. The zero-order valence-electron chi connectivity index (χ0n) is 17.8. The molecule has 3 aromatic rings. The lowest BCUT2D eigenvalue weighted by Gasteiger charge is -2.16. The van der Waals surface area contributed by atoms with Crippen LogP contribution in [-0.2, 0) is 0 Å². The monoisotopic (exact) mass is 431 g/mol. The Morgan fingerprint density at radius 2 is 1.38 bits per heavy atom. The summed E-state index contributed by atoms with van der Waals surface area (Å²) in [6.07, 6.45) is 0. The minimum atomic E-state index is -0.475. The van der Waals surface area contributed by atoms with E-state index in [2.05, 4.69) is 0 Å². The van der Waals surface area contributed by atoms with Gasteiger partial charge in [0.15, 0.2) is 5.78 Å². The summed E-state index contributed by atoms with van der Waals surface area (Å²) in [4.78, 5) is 48.5. The quantitative estimate of drug-likeness (QED) is 0.270. The van der Waals surface area contributed by atoms with Crippen LogP contribution < -0.4 is 4.90 Å². The number of hydrogen-bond donors (Lipinski definition) is 0. The third-order valence-corrected chi connectivity index (χ3v) is 4.94. The Bertz CT molecular complexity index is 1170. The number of hydrogen-bond acceptors (Lipinski definition) is 6. The molecule has 2 amide bonds. The van der Waals surface area contributed by atoms with Crippen molar-refractivity contribution in [3.8, 4) is 0 Å². The molecule has 0 N–H and O–H groups in total. The first-order valence-corrected chi connectivity index (χ1v) is 9.70. The molecule has 8 heteroatoms. The van der Waals surface area contributed by atoms with Gasteiger partial charge in [0.05, 0.1) is 21.6 Å². The van der Waals surface area contributed by atoms with Gasteiger partial charge in [-0.05, 0) is 18.2 Å². The van der Waals surface area contributed by atoms with Gasteiger partial charge in [-0.15, -0.1) is 0 Å². The Balaban J connectivity index is 0.000000204. The molecule has 162 valence electrons. The average molecular weight is 431 g/mol. The fourth-order valence-corrected chi connectivity index (χ4v) is 3.39. The highest BCUT2D eigenvalue weighted by Gasteiger charge is 2.31. The van der Waals surface area contributed by atoms with E-state index in [0.717, 1.165) is 4.90 Å². The number of fused-ring (bicyclic) bond motifs is 1. The number of benzene rings is 3. The Labute approximate surface area is 184 Å². The third kappa shape index (κ3) is 4.24. The second kappa shape index (κ2) is 9.22. The molecule has 0 bridgehead atoms. The number of para-hydroxylation sites is 1. The van der Waals surface area contributed by atoms with E-state index in [1.807, 2.05) is 6.07 Å². The van der Waals surface area contributed by atoms with Crippen LogP contribution in [0.3, 0.4) is 0 Å². The van der Waals surface area contributed by atoms with E-state index in [1.54, 1.807) is 73.6 Å². The first-order valence-electron chi connectivity index (χ1n) is 9.70. The molecule has 3 aromatic carbocycles. The predicted octanol–water partition coefficient (Wildman–Crippen LogP) is 3.80. The minimum Gasteiger partial charge on any atom is -0.372 e. The van der Waals surface area contributed by atoms with Gasteiger partial charge in [0, 0.05) is 32.8 Å². The molecule has 0 atom stereocenters. The summed E-state index contributed by atoms with van der Waals surface area (Å²) < 4.78 is 0. The van der Waals surface area contributed by atoms with Crippen molar-refractivity contribution in [1.29, 1.82) is 0 Å². The number of nitro groups is 1. The van der Waals surface area contributed by atoms with Gasteiger partial charge in [-0.25, -0.2) is 0 Å². The summed E-state index contributed by atoms with van der Waals surface area (Å²) in [5.41, 5.74) is 2.10. The summed E-state index contributed by atoms with van der Waals surface area (Å²) >= 11 is 0.